The summed E-state index contributed by atoms with van der Waals surface area (Å²) in [6.07, 6.45) is 11.9. The Balaban J connectivity index is 1.35. The van der Waals surface area contributed by atoms with Gasteiger partial charge in [0.2, 0.25) is 0 Å². The molecule has 3 saturated carbocycles. The third-order valence-electron chi connectivity index (χ3n) is 10.7. The predicted octanol–water partition coefficient (Wildman–Crippen LogP) is 6.29. The highest BCUT2D eigenvalue weighted by molar-refractivity contribution is 5.81. The van der Waals surface area contributed by atoms with Gasteiger partial charge >= 0.3 is 5.97 Å². The molecule has 0 bridgehead atoms. The van der Waals surface area contributed by atoms with Crippen molar-refractivity contribution in [1.82, 2.24) is 9.55 Å². The van der Waals surface area contributed by atoms with Crippen molar-refractivity contribution in [1.29, 1.82) is 0 Å². The Morgan fingerprint density at radius 2 is 1.89 bits per heavy atom. The second-order valence-corrected chi connectivity index (χ2v) is 12.3. The summed E-state index contributed by atoms with van der Waals surface area (Å²) in [5.41, 5.74) is 3.88. The largest absolute Gasteiger partial charge is 0.462 e. The number of allylic oxidation sites excluding steroid dienone is 1. The van der Waals surface area contributed by atoms with E-state index in [9.17, 15) is 9.59 Å². The van der Waals surface area contributed by atoms with E-state index in [1.807, 2.05) is 19.3 Å². The second-order valence-electron chi connectivity index (χ2n) is 12.3. The molecule has 0 unspecified atom stereocenters. The lowest BCUT2D eigenvalue weighted by Gasteiger charge is -2.57. The van der Waals surface area contributed by atoms with Crippen molar-refractivity contribution in [2.45, 2.75) is 84.8 Å². The van der Waals surface area contributed by atoms with Crippen molar-refractivity contribution < 1.29 is 14.3 Å². The van der Waals surface area contributed by atoms with E-state index < -0.39 is 0 Å². The van der Waals surface area contributed by atoms with E-state index in [4.69, 9.17) is 4.74 Å². The third-order valence-corrected chi connectivity index (χ3v) is 10.7. The third kappa shape index (κ3) is 3.37. The summed E-state index contributed by atoms with van der Waals surface area (Å²) in [7, 11) is 0. The summed E-state index contributed by atoms with van der Waals surface area (Å²) in [5, 5.41) is 0. The SMILES string of the molecule is CC(=O)O[C@H]1CC[C@@]2(C)C(=CC[C@H]3[C@@H]4C[C@@H](n5cnc6ccccc65)[C@H](C(C)=O)[C@@]4(C)CC[C@@H]32)C1. The van der Waals surface area contributed by atoms with Gasteiger partial charge in [-0.3, -0.25) is 9.59 Å². The van der Waals surface area contributed by atoms with Crippen molar-refractivity contribution in [2.75, 3.05) is 0 Å². The topological polar surface area (TPSA) is 61.2 Å². The summed E-state index contributed by atoms with van der Waals surface area (Å²) in [6, 6.07) is 8.49. The van der Waals surface area contributed by atoms with Crippen molar-refractivity contribution in [2.24, 2.45) is 34.5 Å². The maximum Gasteiger partial charge on any atom is 0.302 e. The number of aromatic nitrogens is 2. The van der Waals surface area contributed by atoms with Gasteiger partial charge in [-0.15, -0.1) is 0 Å². The first-order chi connectivity index (χ1) is 16.7. The highest BCUT2D eigenvalue weighted by atomic mass is 16.5. The molecule has 6 rings (SSSR count). The minimum atomic E-state index is -0.166. The number of esters is 1. The fourth-order valence-electron chi connectivity index (χ4n) is 9.23. The summed E-state index contributed by atoms with van der Waals surface area (Å²) in [4.78, 5) is 29.5. The average molecular weight is 475 g/mol. The van der Waals surface area contributed by atoms with Gasteiger partial charge in [-0.1, -0.05) is 37.6 Å². The Hall–Kier alpha value is -2.43. The van der Waals surface area contributed by atoms with Crippen LogP contribution in [-0.2, 0) is 14.3 Å². The van der Waals surface area contributed by atoms with Crippen LogP contribution in [0.1, 0.15) is 78.7 Å². The van der Waals surface area contributed by atoms with Crippen LogP contribution < -0.4 is 0 Å². The molecule has 35 heavy (non-hydrogen) atoms. The van der Waals surface area contributed by atoms with Crippen LogP contribution in [-0.4, -0.2) is 27.4 Å². The quantitative estimate of drug-likeness (QED) is 0.388. The highest BCUT2D eigenvalue weighted by Gasteiger charge is 2.62. The van der Waals surface area contributed by atoms with Gasteiger partial charge in [0.05, 0.1) is 17.4 Å². The first-order valence-electron chi connectivity index (χ1n) is 13.5. The van der Waals surface area contributed by atoms with E-state index >= 15 is 0 Å². The molecule has 2 aromatic rings. The number of para-hydroxylation sites is 2. The molecule has 1 aromatic carbocycles. The normalized spacial score (nSPS) is 40.4. The molecule has 4 aliphatic carbocycles. The monoisotopic (exact) mass is 474 g/mol. The summed E-state index contributed by atoms with van der Waals surface area (Å²) in [6.45, 7) is 8.22. The van der Waals surface area contributed by atoms with Crippen LogP contribution in [0.2, 0.25) is 0 Å². The van der Waals surface area contributed by atoms with Gasteiger partial charge in [-0.25, -0.2) is 4.98 Å². The van der Waals surface area contributed by atoms with Crippen LogP contribution in [0.4, 0.5) is 0 Å². The Kier molecular flexibility index (Phi) is 5.28. The van der Waals surface area contributed by atoms with Gasteiger partial charge in [-0.05, 0) is 86.2 Å². The number of ketones is 1. The second kappa shape index (κ2) is 8.04. The van der Waals surface area contributed by atoms with E-state index in [1.54, 1.807) is 0 Å². The number of Topliss-reactive ketones (excluding diaryl/α,β-unsaturated/α-hetero) is 1. The lowest BCUT2D eigenvalue weighted by molar-refractivity contribution is -0.149. The Morgan fingerprint density at radius 1 is 1.09 bits per heavy atom. The summed E-state index contributed by atoms with van der Waals surface area (Å²) >= 11 is 0. The van der Waals surface area contributed by atoms with Gasteiger partial charge in [0.25, 0.3) is 0 Å². The van der Waals surface area contributed by atoms with E-state index in [0.29, 0.717) is 23.5 Å². The molecule has 0 N–H and O–H groups in total. The summed E-state index contributed by atoms with van der Waals surface area (Å²) in [5.74, 6) is 1.97. The number of hydrogen-bond acceptors (Lipinski definition) is 4. The molecule has 186 valence electrons. The zero-order valence-corrected chi connectivity index (χ0v) is 21.5. The Labute approximate surface area is 208 Å². The van der Waals surface area contributed by atoms with Gasteiger partial charge in [0.15, 0.2) is 0 Å². The number of benzene rings is 1. The van der Waals surface area contributed by atoms with E-state index in [1.165, 1.54) is 18.9 Å². The number of rotatable bonds is 3. The zero-order valence-electron chi connectivity index (χ0n) is 21.5. The van der Waals surface area contributed by atoms with E-state index in [-0.39, 0.29) is 34.9 Å². The van der Waals surface area contributed by atoms with Crippen LogP contribution in [0.5, 0.6) is 0 Å². The number of ether oxygens (including phenoxy) is 1. The Bertz CT molecular complexity index is 1210. The van der Waals surface area contributed by atoms with E-state index in [2.05, 4.69) is 47.7 Å². The number of nitrogens with zero attached hydrogens (tertiary/aromatic N) is 2. The van der Waals surface area contributed by atoms with Crippen molar-refractivity contribution in [3.8, 4) is 0 Å². The molecule has 4 aliphatic rings. The molecular weight excluding hydrogens is 436 g/mol. The average Bonchev–Trinajstić information content (AvgIpc) is 3.37. The van der Waals surface area contributed by atoms with Crippen LogP contribution in [0, 0.1) is 34.5 Å². The minimum absolute atomic E-state index is 0.0275. The molecular formula is C30H38N2O3. The molecule has 0 aliphatic heterocycles. The molecule has 0 radical (unpaired) electrons. The predicted molar refractivity (Wildman–Crippen MR) is 136 cm³/mol. The van der Waals surface area contributed by atoms with Gasteiger partial charge in [-0.2, -0.15) is 0 Å². The number of imidazole rings is 1. The van der Waals surface area contributed by atoms with E-state index in [0.717, 1.165) is 49.6 Å². The highest BCUT2D eigenvalue weighted by Crippen LogP contribution is 2.68. The molecule has 0 saturated heterocycles. The van der Waals surface area contributed by atoms with Crippen LogP contribution >= 0.6 is 0 Å². The van der Waals surface area contributed by atoms with Crippen LogP contribution in [0.3, 0.4) is 0 Å². The zero-order chi connectivity index (χ0) is 24.5. The van der Waals surface area contributed by atoms with Crippen molar-refractivity contribution >= 4 is 22.8 Å². The molecule has 5 heteroatoms. The number of fused-ring (bicyclic) bond motifs is 6. The van der Waals surface area contributed by atoms with Crippen molar-refractivity contribution in [3.63, 3.8) is 0 Å². The molecule has 3 fully saturated rings. The lowest BCUT2D eigenvalue weighted by Crippen LogP contribution is -2.51. The maximum absolute atomic E-state index is 13.2. The molecule has 8 atom stereocenters. The fourth-order valence-corrected chi connectivity index (χ4v) is 9.23. The standard InChI is InChI=1S/C30H38N2O3/c1-18(33)28-27(32-17-31-25-7-5-6-8-26(25)32)16-24-22-10-9-20-15-21(35-19(2)34)11-13-29(20,3)23(22)12-14-30(24,28)4/h5-9,17,21-24,27-28H,10-16H2,1-4H3/t21-,22+,23-,24-,27+,28-,29-,30-/m0/s1. The van der Waals surface area contributed by atoms with Crippen molar-refractivity contribution in [3.05, 3.63) is 42.2 Å². The first-order valence-corrected chi connectivity index (χ1v) is 13.5. The first kappa shape index (κ1) is 23.0. The number of carbonyl (C=O) groups is 2. The number of carbonyl (C=O) groups excluding carboxylic acids is 2. The fraction of sp³-hybridized carbons (Fsp3) is 0.633. The van der Waals surface area contributed by atoms with Gasteiger partial charge in [0, 0.05) is 25.3 Å². The molecule has 0 spiro atoms. The van der Waals surface area contributed by atoms with Gasteiger partial charge < -0.3 is 9.30 Å². The summed E-state index contributed by atoms with van der Waals surface area (Å²) < 4.78 is 7.93. The lowest BCUT2D eigenvalue weighted by atomic mass is 9.47. The minimum Gasteiger partial charge on any atom is -0.462 e. The molecule has 1 heterocycles. The van der Waals surface area contributed by atoms with Gasteiger partial charge in [0.1, 0.15) is 11.9 Å². The van der Waals surface area contributed by atoms with Crippen LogP contribution in [0.25, 0.3) is 11.0 Å². The maximum atomic E-state index is 13.2. The van der Waals surface area contributed by atoms with Crippen LogP contribution in [0.15, 0.2) is 42.2 Å². The molecule has 0 amide bonds. The molecule has 1 aromatic heterocycles. The number of hydrogen-bond donors (Lipinski definition) is 0. The molecule has 5 nitrogen and oxygen atoms in total. The Morgan fingerprint density at radius 3 is 2.66 bits per heavy atom. The smallest absolute Gasteiger partial charge is 0.302 e.